The minimum Gasteiger partial charge on any atom is -2.00 e. The van der Waals surface area contributed by atoms with Crippen LogP contribution in [0.2, 0.25) is 0 Å². The fourth-order valence-electron chi connectivity index (χ4n) is 0. The molecule has 0 atom stereocenters. The van der Waals surface area contributed by atoms with Crippen molar-refractivity contribution in [3.8, 4) is 0 Å². The van der Waals surface area contributed by atoms with Gasteiger partial charge in [-0.25, -0.2) is 0 Å². The molecule has 0 aliphatic heterocycles. The van der Waals surface area contributed by atoms with Gasteiger partial charge in [0.2, 0.25) is 0 Å². The molecule has 0 rings (SSSR count). The Labute approximate surface area is 92.5 Å². The van der Waals surface area contributed by atoms with Gasteiger partial charge in [-0.05, 0) is 0 Å². The summed E-state index contributed by atoms with van der Waals surface area (Å²) in [6, 6.07) is 0. The molecule has 7 heavy (non-hydrogen) atoms. The van der Waals surface area contributed by atoms with Gasteiger partial charge in [0.05, 0.1) is 0 Å². The Morgan fingerprint density at radius 3 is 0.429 bits per heavy atom. The van der Waals surface area contributed by atoms with Crippen LogP contribution in [0, 0.1) is 0 Å². The van der Waals surface area contributed by atoms with Gasteiger partial charge in [0.25, 0.3) is 0 Å². The predicted molar refractivity (Wildman–Crippen MR) is 20.0 cm³/mol. The molecule has 0 aromatic heterocycles. The monoisotopic (exact) mass is 424 g/mol. The van der Waals surface area contributed by atoms with Crippen LogP contribution in [0.3, 0.4) is 0 Å². The van der Waals surface area contributed by atoms with E-state index >= 15 is 0 Å². The van der Waals surface area contributed by atoms with Crippen molar-refractivity contribution in [2.45, 2.75) is 0 Å². The molecule has 0 aliphatic carbocycles. The molecule has 0 amide bonds. The van der Waals surface area contributed by atoms with E-state index in [-0.39, 0.29) is 93.6 Å². The number of hydrogen-bond acceptors (Lipinski definition) is 0. The van der Waals surface area contributed by atoms with Crippen molar-refractivity contribution in [1.29, 1.82) is 0 Å². The predicted octanol–water partition coefficient (Wildman–Crippen LogP) is -1.62. The van der Waals surface area contributed by atoms with Crippen molar-refractivity contribution in [2.75, 3.05) is 0 Å². The minimum absolute atomic E-state index is 0. The molecular formula is O4Sn3. The van der Waals surface area contributed by atoms with E-state index in [1.165, 1.54) is 0 Å². The Morgan fingerprint density at radius 1 is 0.429 bits per heavy atom. The van der Waals surface area contributed by atoms with Gasteiger partial charge in [0, 0.05) is 0 Å². The van der Waals surface area contributed by atoms with Crippen LogP contribution in [0.25, 0.3) is 0 Å². The van der Waals surface area contributed by atoms with Gasteiger partial charge in [-0.15, -0.1) is 0 Å². The second-order valence-corrected chi connectivity index (χ2v) is 0. The van der Waals surface area contributed by atoms with Gasteiger partial charge >= 0.3 is 71.7 Å². The van der Waals surface area contributed by atoms with Crippen LogP contribution in [0.15, 0.2) is 0 Å². The van der Waals surface area contributed by atoms with Gasteiger partial charge in [-0.2, -0.15) is 0 Å². The molecule has 0 saturated heterocycles. The standard InChI is InChI=1S/4O.3Sn/q4*-2;2*+2;+4. The summed E-state index contributed by atoms with van der Waals surface area (Å²) in [5.41, 5.74) is 0. The van der Waals surface area contributed by atoms with Crippen molar-refractivity contribution >= 4 is 71.7 Å². The Morgan fingerprint density at radius 2 is 0.429 bits per heavy atom. The summed E-state index contributed by atoms with van der Waals surface area (Å²) >= 11 is 0. The second kappa shape index (κ2) is 86.2. The summed E-state index contributed by atoms with van der Waals surface area (Å²) in [5.74, 6) is 0. The van der Waals surface area contributed by atoms with Crippen LogP contribution in [0.4, 0.5) is 0 Å². The smallest absolute Gasteiger partial charge is 2.00 e. The Kier molecular flexibility index (Phi) is 1540. The van der Waals surface area contributed by atoms with E-state index in [4.69, 9.17) is 0 Å². The van der Waals surface area contributed by atoms with Gasteiger partial charge in [0.15, 0.2) is 0 Å². The van der Waals surface area contributed by atoms with E-state index in [0.29, 0.717) is 0 Å². The van der Waals surface area contributed by atoms with Crippen LogP contribution in [0.1, 0.15) is 0 Å². The maximum Gasteiger partial charge on any atom is 4.00 e. The molecule has 7 heteroatoms. The molecule has 4 radical (unpaired) electrons. The molecule has 0 unspecified atom stereocenters. The third-order valence-corrected chi connectivity index (χ3v) is 0. The molecular weight excluding hydrogens is 420 g/mol. The maximum absolute atomic E-state index is 0. The molecule has 0 aromatic rings. The van der Waals surface area contributed by atoms with Crippen LogP contribution in [0.5, 0.6) is 0 Å². The Balaban J connectivity index is 0. The zero-order valence-corrected chi connectivity index (χ0v) is 11.7. The van der Waals surface area contributed by atoms with Gasteiger partial charge < -0.3 is 21.9 Å². The van der Waals surface area contributed by atoms with Crippen LogP contribution < -0.4 is 0 Å². The first-order valence-electron chi connectivity index (χ1n) is 0. The molecule has 4 nitrogen and oxygen atoms in total. The molecule has 0 aromatic carbocycles. The van der Waals surface area contributed by atoms with E-state index in [1.54, 1.807) is 0 Å². The summed E-state index contributed by atoms with van der Waals surface area (Å²) in [7, 11) is 0. The van der Waals surface area contributed by atoms with Crippen molar-refractivity contribution in [2.24, 2.45) is 0 Å². The summed E-state index contributed by atoms with van der Waals surface area (Å²) in [4.78, 5) is 0. The summed E-state index contributed by atoms with van der Waals surface area (Å²) in [6.07, 6.45) is 0. The topological polar surface area (TPSA) is 114 Å². The van der Waals surface area contributed by atoms with E-state index < -0.39 is 0 Å². The molecule has 0 bridgehead atoms. The normalized spacial score (nSPS) is 0. The second-order valence-electron chi connectivity index (χ2n) is 0. The molecule has 0 aliphatic rings. The Hall–Kier alpha value is 2.24. The molecule has 0 heterocycles. The van der Waals surface area contributed by atoms with E-state index in [2.05, 4.69) is 0 Å². The van der Waals surface area contributed by atoms with Gasteiger partial charge in [-0.1, -0.05) is 0 Å². The van der Waals surface area contributed by atoms with Crippen molar-refractivity contribution in [1.82, 2.24) is 0 Å². The zero-order valence-electron chi connectivity index (χ0n) is 3.13. The number of rotatable bonds is 0. The average molecular weight is 420 g/mol. The van der Waals surface area contributed by atoms with Gasteiger partial charge in [-0.3, -0.25) is 0 Å². The van der Waals surface area contributed by atoms with Crippen molar-refractivity contribution < 1.29 is 21.9 Å². The minimum atomic E-state index is 0. The fraction of sp³-hybridized carbons (Fsp3) is 0. The largest absolute Gasteiger partial charge is 4.00 e. The van der Waals surface area contributed by atoms with Gasteiger partial charge in [0.1, 0.15) is 0 Å². The maximum atomic E-state index is 0. The van der Waals surface area contributed by atoms with Crippen LogP contribution >= 0.6 is 0 Å². The quantitative estimate of drug-likeness (QED) is 0.420. The SMILES string of the molecule is [O-2].[O-2].[O-2].[O-2].[Sn+2].[Sn+2].[Sn+4]. The van der Waals surface area contributed by atoms with Crippen LogP contribution in [-0.2, 0) is 21.9 Å². The molecule has 0 saturated carbocycles. The van der Waals surface area contributed by atoms with Crippen molar-refractivity contribution in [3.05, 3.63) is 0 Å². The first-order valence-corrected chi connectivity index (χ1v) is 0. The summed E-state index contributed by atoms with van der Waals surface area (Å²) < 4.78 is 0. The third-order valence-electron chi connectivity index (χ3n) is 0. The first kappa shape index (κ1) is 125. The molecule has 0 fully saturated rings. The zero-order chi connectivity index (χ0) is 0. The average Bonchev–Trinajstić information content (AvgIpc) is 0. The fourth-order valence-corrected chi connectivity index (χ4v) is 0. The van der Waals surface area contributed by atoms with Crippen molar-refractivity contribution in [3.63, 3.8) is 0 Å². The summed E-state index contributed by atoms with van der Waals surface area (Å²) in [6.45, 7) is 0. The van der Waals surface area contributed by atoms with E-state index in [9.17, 15) is 0 Å². The molecule has 0 N–H and O–H groups in total. The third kappa shape index (κ3) is 64.1. The van der Waals surface area contributed by atoms with E-state index in [0.717, 1.165) is 0 Å². The number of hydrogen-bond donors (Lipinski definition) is 0. The first-order chi connectivity index (χ1) is 0. The van der Waals surface area contributed by atoms with Crippen LogP contribution in [-0.4, -0.2) is 71.7 Å². The molecule has 36 valence electrons. The van der Waals surface area contributed by atoms with E-state index in [1.807, 2.05) is 0 Å². The molecule has 0 spiro atoms. The summed E-state index contributed by atoms with van der Waals surface area (Å²) in [5, 5.41) is 0. The Bertz CT molecular complexity index is 6.90.